The van der Waals surface area contributed by atoms with Gasteiger partial charge in [0.1, 0.15) is 11.3 Å². The topological polar surface area (TPSA) is 67.6 Å². The van der Waals surface area contributed by atoms with Crippen LogP contribution in [0.2, 0.25) is 0 Å². The standard InChI is InChI=1S/C23H23N3O3S/c1-15(27)24-17-8-10-26(11-9-17)13-16-14-28-21-12-18(6-7-19(16)21)29-23-25-20-4-2-3-5-22(20)30-23/h2-7,12,14,17H,8-11,13H2,1H3,(H,24,27). The number of nitrogens with zero attached hydrogens (tertiary/aromatic N) is 2. The normalized spacial score (nSPS) is 15.6. The summed E-state index contributed by atoms with van der Waals surface area (Å²) in [5.74, 6) is 0.775. The van der Waals surface area contributed by atoms with E-state index in [1.807, 2.05) is 42.7 Å². The van der Waals surface area contributed by atoms with Crippen molar-refractivity contribution in [3.05, 3.63) is 54.3 Å². The molecule has 1 aliphatic rings. The summed E-state index contributed by atoms with van der Waals surface area (Å²) in [4.78, 5) is 18.2. The van der Waals surface area contributed by atoms with Crippen molar-refractivity contribution in [3.63, 3.8) is 0 Å². The second-order valence-corrected chi connectivity index (χ2v) is 8.71. The Labute approximate surface area is 178 Å². The van der Waals surface area contributed by atoms with Crippen molar-refractivity contribution >= 4 is 38.4 Å². The Morgan fingerprint density at radius 3 is 2.90 bits per heavy atom. The molecule has 0 spiro atoms. The van der Waals surface area contributed by atoms with E-state index >= 15 is 0 Å². The number of carbonyl (C=O) groups excluding carboxylic acids is 1. The molecular weight excluding hydrogens is 398 g/mol. The first-order valence-electron chi connectivity index (χ1n) is 10.2. The molecule has 154 valence electrons. The SMILES string of the molecule is CC(=O)NC1CCN(Cc2coc3cc(Oc4nc5ccccc5s4)ccc23)CC1. The predicted molar refractivity (Wildman–Crippen MR) is 118 cm³/mol. The number of amides is 1. The van der Waals surface area contributed by atoms with Gasteiger partial charge in [-0.05, 0) is 37.1 Å². The van der Waals surface area contributed by atoms with Crippen LogP contribution in [0.1, 0.15) is 25.3 Å². The Kier molecular flexibility index (Phi) is 5.14. The smallest absolute Gasteiger partial charge is 0.279 e. The lowest BCUT2D eigenvalue weighted by atomic mass is 10.0. The van der Waals surface area contributed by atoms with Gasteiger partial charge in [-0.2, -0.15) is 0 Å². The molecule has 1 saturated heterocycles. The molecule has 1 aliphatic heterocycles. The van der Waals surface area contributed by atoms with Crippen LogP contribution in [0.4, 0.5) is 0 Å². The minimum Gasteiger partial charge on any atom is -0.464 e. The largest absolute Gasteiger partial charge is 0.464 e. The van der Waals surface area contributed by atoms with Crippen molar-refractivity contribution in [1.29, 1.82) is 0 Å². The van der Waals surface area contributed by atoms with Crippen molar-refractivity contribution < 1.29 is 13.9 Å². The fraction of sp³-hybridized carbons (Fsp3) is 0.304. The summed E-state index contributed by atoms with van der Waals surface area (Å²) < 4.78 is 12.9. The van der Waals surface area contributed by atoms with E-state index < -0.39 is 0 Å². The third kappa shape index (κ3) is 4.04. The summed E-state index contributed by atoms with van der Waals surface area (Å²) in [5, 5.41) is 4.76. The average molecular weight is 422 g/mol. The van der Waals surface area contributed by atoms with Gasteiger partial charge < -0.3 is 14.5 Å². The van der Waals surface area contributed by atoms with Crippen LogP contribution in [-0.2, 0) is 11.3 Å². The van der Waals surface area contributed by atoms with Gasteiger partial charge in [-0.1, -0.05) is 23.5 Å². The molecule has 2 aromatic carbocycles. The maximum atomic E-state index is 11.2. The van der Waals surface area contributed by atoms with Crippen LogP contribution in [0.15, 0.2) is 53.1 Å². The first-order chi connectivity index (χ1) is 14.6. The number of nitrogens with one attached hydrogen (secondary N) is 1. The zero-order valence-corrected chi connectivity index (χ0v) is 17.6. The van der Waals surface area contributed by atoms with Crippen LogP contribution in [0, 0.1) is 0 Å². The van der Waals surface area contributed by atoms with Gasteiger partial charge >= 0.3 is 0 Å². The monoisotopic (exact) mass is 421 g/mol. The maximum Gasteiger partial charge on any atom is 0.279 e. The van der Waals surface area contributed by atoms with E-state index in [1.54, 1.807) is 6.92 Å². The minimum atomic E-state index is 0.0538. The van der Waals surface area contributed by atoms with Crippen molar-refractivity contribution in [3.8, 4) is 10.9 Å². The molecule has 3 heterocycles. The lowest BCUT2D eigenvalue weighted by molar-refractivity contribution is -0.119. The second-order valence-electron chi connectivity index (χ2n) is 7.72. The zero-order valence-electron chi connectivity index (χ0n) is 16.8. The van der Waals surface area contributed by atoms with Gasteiger partial charge in [-0.15, -0.1) is 0 Å². The number of hydrogen-bond donors (Lipinski definition) is 1. The molecule has 0 unspecified atom stereocenters. The quantitative estimate of drug-likeness (QED) is 0.495. The van der Waals surface area contributed by atoms with Gasteiger partial charge in [0.2, 0.25) is 5.91 Å². The molecule has 1 amide bonds. The fourth-order valence-electron chi connectivity index (χ4n) is 4.01. The van der Waals surface area contributed by atoms with Crippen LogP contribution in [-0.4, -0.2) is 34.9 Å². The van der Waals surface area contributed by atoms with Crippen LogP contribution in [0.25, 0.3) is 21.2 Å². The van der Waals surface area contributed by atoms with Gasteiger partial charge in [0.15, 0.2) is 0 Å². The van der Waals surface area contributed by atoms with Crippen LogP contribution < -0.4 is 10.1 Å². The molecule has 0 saturated carbocycles. The van der Waals surface area contributed by atoms with E-state index in [2.05, 4.69) is 21.3 Å². The Balaban J connectivity index is 1.26. The van der Waals surface area contributed by atoms with Crippen molar-refractivity contribution in [2.24, 2.45) is 0 Å². The van der Waals surface area contributed by atoms with E-state index in [1.165, 1.54) is 16.9 Å². The number of thiazole rings is 1. The number of benzene rings is 2. The molecule has 30 heavy (non-hydrogen) atoms. The number of carbonyl (C=O) groups is 1. The lowest BCUT2D eigenvalue weighted by Crippen LogP contribution is -2.43. The number of furan rings is 1. The van der Waals surface area contributed by atoms with Crippen LogP contribution >= 0.6 is 11.3 Å². The molecule has 6 nitrogen and oxygen atoms in total. The summed E-state index contributed by atoms with van der Waals surface area (Å²) in [6.45, 7) is 4.36. The predicted octanol–water partition coefficient (Wildman–Crippen LogP) is 4.94. The Morgan fingerprint density at radius 2 is 2.10 bits per heavy atom. The fourth-order valence-corrected chi connectivity index (χ4v) is 4.84. The number of ether oxygens (including phenoxy) is 1. The molecule has 4 aromatic rings. The summed E-state index contributed by atoms with van der Waals surface area (Å²) in [5.41, 5.74) is 2.94. The number of fused-ring (bicyclic) bond motifs is 2. The Hall–Kier alpha value is -2.90. The zero-order chi connectivity index (χ0) is 20.5. The van der Waals surface area contributed by atoms with E-state index in [9.17, 15) is 4.79 Å². The highest BCUT2D eigenvalue weighted by molar-refractivity contribution is 7.20. The summed E-state index contributed by atoms with van der Waals surface area (Å²) in [6, 6.07) is 14.3. The molecular formula is C23H23N3O3S. The number of hydrogen-bond acceptors (Lipinski definition) is 6. The third-order valence-corrected chi connectivity index (χ3v) is 6.41. The van der Waals surface area contributed by atoms with Gasteiger partial charge in [-0.3, -0.25) is 9.69 Å². The molecule has 0 radical (unpaired) electrons. The van der Waals surface area contributed by atoms with Gasteiger partial charge in [-0.25, -0.2) is 4.98 Å². The molecule has 1 N–H and O–H groups in total. The Bertz CT molecular complexity index is 1160. The highest BCUT2D eigenvalue weighted by Gasteiger charge is 2.21. The molecule has 0 aliphatic carbocycles. The summed E-state index contributed by atoms with van der Waals surface area (Å²) in [6.07, 6.45) is 3.80. The molecule has 1 fully saturated rings. The Morgan fingerprint density at radius 1 is 1.27 bits per heavy atom. The summed E-state index contributed by atoms with van der Waals surface area (Å²) in [7, 11) is 0. The van der Waals surface area contributed by atoms with Crippen molar-refractivity contribution in [2.75, 3.05) is 13.1 Å². The number of likely N-dealkylation sites (tertiary alicyclic amines) is 1. The van der Waals surface area contributed by atoms with Gasteiger partial charge in [0.25, 0.3) is 5.19 Å². The van der Waals surface area contributed by atoms with E-state index in [0.29, 0.717) is 11.2 Å². The van der Waals surface area contributed by atoms with Crippen molar-refractivity contribution in [1.82, 2.24) is 15.2 Å². The summed E-state index contributed by atoms with van der Waals surface area (Å²) >= 11 is 1.53. The first-order valence-corrected chi connectivity index (χ1v) is 11.0. The van der Waals surface area contributed by atoms with Gasteiger partial charge in [0.05, 0.1) is 16.5 Å². The minimum absolute atomic E-state index is 0.0538. The molecule has 0 bridgehead atoms. The maximum absolute atomic E-state index is 11.2. The van der Waals surface area contributed by atoms with E-state index in [-0.39, 0.29) is 5.91 Å². The highest BCUT2D eigenvalue weighted by atomic mass is 32.1. The van der Waals surface area contributed by atoms with E-state index in [0.717, 1.165) is 59.4 Å². The van der Waals surface area contributed by atoms with Crippen molar-refractivity contribution in [2.45, 2.75) is 32.4 Å². The molecule has 0 atom stereocenters. The highest BCUT2D eigenvalue weighted by Crippen LogP contribution is 2.33. The second kappa shape index (κ2) is 8.08. The van der Waals surface area contributed by atoms with Crippen LogP contribution in [0.3, 0.4) is 0 Å². The lowest BCUT2D eigenvalue weighted by Gasteiger charge is -2.31. The number of piperidine rings is 1. The van der Waals surface area contributed by atoms with Crippen LogP contribution in [0.5, 0.6) is 10.9 Å². The molecule has 5 rings (SSSR count). The number of rotatable bonds is 5. The third-order valence-electron chi connectivity index (χ3n) is 5.50. The van der Waals surface area contributed by atoms with Gasteiger partial charge in [0, 0.05) is 49.6 Å². The number of para-hydroxylation sites is 1. The average Bonchev–Trinajstić information content (AvgIpc) is 3.32. The molecule has 2 aromatic heterocycles. The van der Waals surface area contributed by atoms with E-state index in [4.69, 9.17) is 9.15 Å². The number of aromatic nitrogens is 1. The molecule has 7 heteroatoms. The first kappa shape index (κ1) is 19.1.